The summed E-state index contributed by atoms with van der Waals surface area (Å²) in [6, 6.07) is 9.34. The van der Waals surface area contributed by atoms with Gasteiger partial charge < -0.3 is 10.1 Å². The number of para-hydroxylation sites is 1. The lowest BCUT2D eigenvalue weighted by Crippen LogP contribution is -2.13. The smallest absolute Gasteiger partial charge is 0.165 e. The molecule has 1 N–H and O–H groups in total. The highest BCUT2D eigenvalue weighted by Crippen LogP contribution is 2.25. The quantitative estimate of drug-likeness (QED) is 0.828. The number of halogens is 3. The van der Waals surface area contributed by atoms with E-state index in [0.717, 1.165) is 11.0 Å². The van der Waals surface area contributed by atoms with Gasteiger partial charge >= 0.3 is 0 Å². The summed E-state index contributed by atoms with van der Waals surface area (Å²) in [5.41, 5.74) is 1.09. The van der Waals surface area contributed by atoms with Crippen LogP contribution in [0.3, 0.4) is 0 Å². The Kier molecular flexibility index (Phi) is 5.70. The van der Waals surface area contributed by atoms with E-state index in [1.165, 1.54) is 12.1 Å². The van der Waals surface area contributed by atoms with Crippen LogP contribution in [-0.2, 0) is 13.2 Å². The zero-order valence-corrected chi connectivity index (χ0v) is 13.2. The lowest BCUT2D eigenvalue weighted by atomic mass is 10.2. The topological polar surface area (TPSA) is 21.3 Å². The Hall–Kier alpha value is -1.46. The van der Waals surface area contributed by atoms with Crippen molar-refractivity contribution >= 4 is 15.9 Å². The van der Waals surface area contributed by atoms with Crippen LogP contribution in [0, 0.1) is 11.6 Å². The minimum Gasteiger partial charge on any atom is -0.485 e. The van der Waals surface area contributed by atoms with E-state index < -0.39 is 5.82 Å². The summed E-state index contributed by atoms with van der Waals surface area (Å²) in [6.07, 6.45) is 0. The van der Waals surface area contributed by atoms with Crippen LogP contribution in [-0.4, -0.2) is 6.54 Å². The summed E-state index contributed by atoms with van der Waals surface area (Å²) in [4.78, 5) is 0. The maximum absolute atomic E-state index is 13.9. The van der Waals surface area contributed by atoms with Crippen molar-refractivity contribution in [2.75, 3.05) is 6.54 Å². The third-order valence-corrected chi connectivity index (χ3v) is 3.49. The largest absolute Gasteiger partial charge is 0.485 e. The number of ether oxygens (including phenoxy) is 1. The van der Waals surface area contributed by atoms with E-state index in [4.69, 9.17) is 4.74 Å². The van der Waals surface area contributed by atoms with Gasteiger partial charge in [-0.25, -0.2) is 8.78 Å². The second-order valence-corrected chi connectivity index (χ2v) is 5.45. The Morgan fingerprint density at radius 2 is 1.90 bits per heavy atom. The van der Waals surface area contributed by atoms with Crippen LogP contribution in [0.15, 0.2) is 40.9 Å². The molecule has 0 unspecified atom stereocenters. The van der Waals surface area contributed by atoms with Gasteiger partial charge in [-0.3, -0.25) is 0 Å². The van der Waals surface area contributed by atoms with Gasteiger partial charge in [0.05, 0.1) is 0 Å². The molecule has 5 heteroatoms. The minimum absolute atomic E-state index is 0.0225. The summed E-state index contributed by atoms with van der Waals surface area (Å²) in [6.45, 7) is 3.23. The molecule has 112 valence electrons. The molecule has 0 aliphatic rings. The van der Waals surface area contributed by atoms with Crippen LogP contribution in [0.1, 0.15) is 18.1 Å². The Bertz CT molecular complexity index is 619. The monoisotopic (exact) mass is 355 g/mol. The lowest BCUT2D eigenvalue weighted by Gasteiger charge is -2.13. The Morgan fingerprint density at radius 3 is 2.67 bits per heavy atom. The van der Waals surface area contributed by atoms with Crippen molar-refractivity contribution in [3.8, 4) is 5.75 Å². The number of nitrogens with one attached hydrogen (secondary N) is 1. The zero-order valence-electron chi connectivity index (χ0n) is 11.6. The van der Waals surface area contributed by atoms with E-state index >= 15 is 0 Å². The molecule has 2 aromatic carbocycles. The van der Waals surface area contributed by atoms with Crippen LogP contribution in [0.25, 0.3) is 0 Å². The van der Waals surface area contributed by atoms with Crippen LogP contribution >= 0.6 is 15.9 Å². The Balaban J connectivity index is 2.17. The molecule has 0 aliphatic carbocycles. The number of hydrogen-bond acceptors (Lipinski definition) is 2. The van der Waals surface area contributed by atoms with Gasteiger partial charge in [0.1, 0.15) is 12.4 Å². The van der Waals surface area contributed by atoms with Crippen LogP contribution in [0.2, 0.25) is 0 Å². The fraction of sp³-hybridized carbons (Fsp3) is 0.250. The molecule has 0 radical (unpaired) electrons. The van der Waals surface area contributed by atoms with Crippen LogP contribution in [0.4, 0.5) is 8.78 Å². The maximum atomic E-state index is 13.9. The maximum Gasteiger partial charge on any atom is 0.165 e. The highest BCUT2D eigenvalue weighted by Gasteiger charge is 2.11. The first-order valence-corrected chi connectivity index (χ1v) is 7.46. The molecule has 0 saturated heterocycles. The molecule has 0 aromatic heterocycles. The van der Waals surface area contributed by atoms with Gasteiger partial charge in [-0.2, -0.15) is 0 Å². The average molecular weight is 356 g/mol. The molecule has 2 rings (SSSR count). The van der Waals surface area contributed by atoms with Crippen molar-refractivity contribution in [1.82, 2.24) is 5.32 Å². The second kappa shape index (κ2) is 7.52. The van der Waals surface area contributed by atoms with Crippen molar-refractivity contribution < 1.29 is 13.5 Å². The molecule has 2 aromatic rings. The van der Waals surface area contributed by atoms with Gasteiger partial charge in [0.25, 0.3) is 0 Å². The predicted octanol–water partition coefficient (Wildman–Crippen LogP) is 4.42. The number of benzene rings is 2. The Morgan fingerprint density at radius 1 is 1.10 bits per heavy atom. The average Bonchev–Trinajstić information content (AvgIpc) is 2.47. The molecule has 0 spiro atoms. The zero-order chi connectivity index (χ0) is 15.2. The minimum atomic E-state index is -0.444. The van der Waals surface area contributed by atoms with Crippen molar-refractivity contribution in [2.45, 2.75) is 20.1 Å². The summed E-state index contributed by atoms with van der Waals surface area (Å²) in [7, 11) is 0. The van der Waals surface area contributed by atoms with Gasteiger partial charge in [-0.05, 0) is 30.8 Å². The molecule has 0 atom stereocenters. The molecule has 0 saturated carbocycles. The van der Waals surface area contributed by atoms with Gasteiger partial charge in [-0.15, -0.1) is 0 Å². The van der Waals surface area contributed by atoms with E-state index in [0.29, 0.717) is 17.7 Å². The first-order valence-electron chi connectivity index (χ1n) is 6.66. The van der Waals surface area contributed by atoms with Gasteiger partial charge in [0.15, 0.2) is 11.6 Å². The molecule has 0 fully saturated rings. The lowest BCUT2D eigenvalue weighted by molar-refractivity contribution is 0.280. The molecular weight excluding hydrogens is 340 g/mol. The van der Waals surface area contributed by atoms with Crippen LogP contribution < -0.4 is 10.1 Å². The first-order chi connectivity index (χ1) is 10.1. The third kappa shape index (κ3) is 4.25. The standard InChI is InChI=1S/C16H16BrF2NO/c1-2-20-9-11-4-3-5-15(19)16(11)21-10-12-8-13(17)6-7-14(12)18/h3-8,20H,2,9-10H2,1H3. The fourth-order valence-corrected chi connectivity index (χ4v) is 2.33. The van der Waals surface area contributed by atoms with E-state index in [2.05, 4.69) is 21.2 Å². The molecule has 0 aliphatic heterocycles. The van der Waals surface area contributed by atoms with Crippen molar-refractivity contribution in [3.63, 3.8) is 0 Å². The van der Waals surface area contributed by atoms with Gasteiger partial charge in [-0.1, -0.05) is 35.0 Å². The first kappa shape index (κ1) is 15.9. The van der Waals surface area contributed by atoms with Gasteiger partial charge in [0, 0.05) is 22.1 Å². The summed E-state index contributed by atoms with van der Waals surface area (Å²) in [5.74, 6) is -0.651. The molecule has 0 heterocycles. The fourth-order valence-electron chi connectivity index (χ4n) is 1.92. The molecule has 0 bridgehead atoms. The van der Waals surface area contributed by atoms with E-state index in [-0.39, 0.29) is 18.2 Å². The molecule has 0 amide bonds. The SMILES string of the molecule is CCNCc1cccc(F)c1OCc1cc(Br)ccc1F. The van der Waals surface area contributed by atoms with E-state index in [1.54, 1.807) is 24.3 Å². The number of rotatable bonds is 6. The second-order valence-electron chi connectivity index (χ2n) is 4.53. The Labute approximate surface area is 131 Å². The summed E-state index contributed by atoms with van der Waals surface area (Å²) >= 11 is 3.28. The van der Waals surface area contributed by atoms with Crippen LogP contribution in [0.5, 0.6) is 5.75 Å². The summed E-state index contributed by atoms with van der Waals surface area (Å²) < 4.78 is 33.8. The van der Waals surface area contributed by atoms with Gasteiger partial charge in [0.2, 0.25) is 0 Å². The number of hydrogen-bond donors (Lipinski definition) is 1. The normalized spacial score (nSPS) is 10.7. The van der Waals surface area contributed by atoms with Crippen molar-refractivity contribution in [3.05, 3.63) is 63.6 Å². The van der Waals surface area contributed by atoms with Crippen molar-refractivity contribution in [2.24, 2.45) is 0 Å². The summed E-state index contributed by atoms with van der Waals surface area (Å²) in [5, 5.41) is 3.12. The van der Waals surface area contributed by atoms with E-state index in [9.17, 15) is 8.78 Å². The highest BCUT2D eigenvalue weighted by atomic mass is 79.9. The molecular formula is C16H16BrF2NO. The molecule has 21 heavy (non-hydrogen) atoms. The highest BCUT2D eigenvalue weighted by molar-refractivity contribution is 9.10. The molecule has 2 nitrogen and oxygen atoms in total. The van der Waals surface area contributed by atoms with Crippen molar-refractivity contribution in [1.29, 1.82) is 0 Å². The van der Waals surface area contributed by atoms with E-state index in [1.807, 2.05) is 6.92 Å². The third-order valence-electron chi connectivity index (χ3n) is 2.99. The predicted molar refractivity (Wildman–Crippen MR) is 82.2 cm³/mol.